The zero-order valence-corrected chi connectivity index (χ0v) is 18.4. The van der Waals surface area contributed by atoms with Gasteiger partial charge in [0.25, 0.3) is 0 Å². The van der Waals surface area contributed by atoms with Crippen molar-refractivity contribution in [3.05, 3.63) is 102 Å². The minimum atomic E-state index is -0.174. The van der Waals surface area contributed by atoms with Crippen molar-refractivity contribution < 1.29 is 19.0 Å². The van der Waals surface area contributed by atoms with Gasteiger partial charge in [-0.1, -0.05) is 36.4 Å². The zero-order chi connectivity index (χ0) is 23.0. The van der Waals surface area contributed by atoms with E-state index in [1.807, 2.05) is 72.8 Å². The van der Waals surface area contributed by atoms with E-state index < -0.39 is 0 Å². The monoisotopic (exact) mass is 437 g/mol. The first kappa shape index (κ1) is 21.8. The van der Waals surface area contributed by atoms with Crippen LogP contribution in [0.15, 0.2) is 91.0 Å². The van der Waals surface area contributed by atoms with Crippen LogP contribution in [0.4, 0.5) is 0 Å². The molecule has 1 heterocycles. The number of rotatable bonds is 8. The molecule has 5 nitrogen and oxygen atoms in total. The minimum absolute atomic E-state index is 0.174. The third-order valence-corrected chi connectivity index (χ3v) is 4.97. The van der Waals surface area contributed by atoms with Crippen molar-refractivity contribution in [3.63, 3.8) is 0 Å². The van der Waals surface area contributed by atoms with Crippen LogP contribution in [0.5, 0.6) is 23.1 Å². The molecule has 0 bridgehead atoms. The summed E-state index contributed by atoms with van der Waals surface area (Å²) in [6.07, 6.45) is 6.42. The first-order valence-electron chi connectivity index (χ1n) is 10.4. The van der Waals surface area contributed by atoms with Crippen molar-refractivity contribution >= 4 is 28.8 Å². The SMILES string of the molecule is COc1ccc(/C=C/C(=O)/C=C/c2cc3ccccc3nc2Oc2ccccc2)c(OC)c1. The van der Waals surface area contributed by atoms with E-state index in [1.165, 1.54) is 12.2 Å². The number of para-hydroxylation sites is 2. The Morgan fingerprint density at radius 1 is 0.758 bits per heavy atom. The summed E-state index contributed by atoms with van der Waals surface area (Å²) in [7, 11) is 3.17. The van der Waals surface area contributed by atoms with Gasteiger partial charge in [0.05, 0.1) is 19.7 Å². The molecule has 1 aromatic heterocycles. The summed E-state index contributed by atoms with van der Waals surface area (Å²) >= 11 is 0. The Bertz CT molecular complexity index is 1330. The van der Waals surface area contributed by atoms with Gasteiger partial charge in [-0.2, -0.15) is 0 Å². The van der Waals surface area contributed by atoms with Gasteiger partial charge in [0.15, 0.2) is 5.78 Å². The van der Waals surface area contributed by atoms with Crippen molar-refractivity contribution in [2.45, 2.75) is 0 Å². The molecule has 164 valence electrons. The maximum absolute atomic E-state index is 12.5. The highest BCUT2D eigenvalue weighted by Crippen LogP contribution is 2.28. The van der Waals surface area contributed by atoms with Gasteiger partial charge in [-0.05, 0) is 60.7 Å². The van der Waals surface area contributed by atoms with Crippen LogP contribution in [0.3, 0.4) is 0 Å². The molecule has 0 atom stereocenters. The first-order valence-corrected chi connectivity index (χ1v) is 10.4. The Morgan fingerprint density at radius 2 is 1.48 bits per heavy atom. The van der Waals surface area contributed by atoms with Crippen LogP contribution in [-0.2, 0) is 4.79 Å². The van der Waals surface area contributed by atoms with Crippen LogP contribution < -0.4 is 14.2 Å². The van der Waals surface area contributed by atoms with Crippen LogP contribution >= 0.6 is 0 Å². The molecule has 4 rings (SSSR count). The fourth-order valence-corrected chi connectivity index (χ4v) is 3.27. The predicted octanol–water partition coefficient (Wildman–Crippen LogP) is 6.34. The summed E-state index contributed by atoms with van der Waals surface area (Å²) in [4.78, 5) is 17.2. The number of aromatic nitrogens is 1. The molecule has 0 N–H and O–H groups in total. The molecule has 4 aromatic rings. The van der Waals surface area contributed by atoms with Crippen molar-refractivity contribution in [1.82, 2.24) is 4.98 Å². The molecule has 0 aliphatic carbocycles. The quantitative estimate of drug-likeness (QED) is 0.301. The third kappa shape index (κ3) is 5.46. The van der Waals surface area contributed by atoms with Crippen molar-refractivity contribution in [2.24, 2.45) is 0 Å². The second-order valence-electron chi connectivity index (χ2n) is 7.17. The summed E-state index contributed by atoms with van der Waals surface area (Å²) in [6, 6.07) is 24.6. The highest BCUT2D eigenvalue weighted by Gasteiger charge is 2.08. The molecule has 0 saturated carbocycles. The number of methoxy groups -OCH3 is 2. The summed E-state index contributed by atoms with van der Waals surface area (Å²) in [5.74, 6) is 2.24. The van der Waals surface area contributed by atoms with Gasteiger partial charge in [-0.3, -0.25) is 4.79 Å². The number of pyridine rings is 1. The zero-order valence-electron chi connectivity index (χ0n) is 18.4. The topological polar surface area (TPSA) is 57.7 Å². The number of fused-ring (bicyclic) bond motifs is 1. The summed E-state index contributed by atoms with van der Waals surface area (Å²) < 4.78 is 16.6. The lowest BCUT2D eigenvalue weighted by molar-refractivity contribution is -0.110. The largest absolute Gasteiger partial charge is 0.497 e. The normalized spacial score (nSPS) is 11.2. The second kappa shape index (κ2) is 10.3. The van der Waals surface area contributed by atoms with Crippen LogP contribution in [0.25, 0.3) is 23.1 Å². The fourth-order valence-electron chi connectivity index (χ4n) is 3.27. The molecule has 0 unspecified atom stereocenters. The Kier molecular flexibility index (Phi) is 6.81. The van der Waals surface area contributed by atoms with Gasteiger partial charge in [-0.15, -0.1) is 0 Å². The second-order valence-corrected chi connectivity index (χ2v) is 7.17. The molecule has 3 aromatic carbocycles. The fraction of sp³-hybridized carbons (Fsp3) is 0.0714. The lowest BCUT2D eigenvalue weighted by Crippen LogP contribution is -1.93. The molecular weight excluding hydrogens is 414 g/mol. The van der Waals surface area contributed by atoms with Gasteiger partial charge in [-0.25, -0.2) is 4.98 Å². The minimum Gasteiger partial charge on any atom is -0.497 e. The average molecular weight is 437 g/mol. The van der Waals surface area contributed by atoms with Crippen LogP contribution in [0.1, 0.15) is 11.1 Å². The van der Waals surface area contributed by atoms with E-state index >= 15 is 0 Å². The smallest absolute Gasteiger partial charge is 0.227 e. The van der Waals surface area contributed by atoms with E-state index in [2.05, 4.69) is 4.98 Å². The van der Waals surface area contributed by atoms with Gasteiger partial charge >= 0.3 is 0 Å². The number of carbonyl (C=O) groups excluding carboxylic acids is 1. The van der Waals surface area contributed by atoms with E-state index in [0.29, 0.717) is 28.7 Å². The standard InChI is InChI=1S/C28H23NO4/c1-31-25-17-14-20(27(19-25)32-2)12-15-23(30)16-13-22-18-21-8-6-7-11-26(21)29-28(22)33-24-9-4-3-5-10-24/h3-19H,1-2H3/b15-12+,16-13+. The number of ketones is 1. The Hall–Kier alpha value is -4.38. The number of ether oxygens (including phenoxy) is 3. The molecule has 0 aliphatic rings. The molecule has 0 saturated heterocycles. The van der Waals surface area contributed by atoms with E-state index in [0.717, 1.165) is 16.5 Å². The Labute approximate surface area is 192 Å². The number of benzene rings is 3. The van der Waals surface area contributed by atoms with E-state index in [1.54, 1.807) is 32.4 Å². The Morgan fingerprint density at radius 3 is 2.24 bits per heavy atom. The van der Waals surface area contributed by atoms with Crippen LogP contribution in [0, 0.1) is 0 Å². The lowest BCUT2D eigenvalue weighted by Gasteiger charge is -2.09. The molecule has 5 heteroatoms. The molecule has 33 heavy (non-hydrogen) atoms. The Balaban J connectivity index is 1.59. The van der Waals surface area contributed by atoms with Gasteiger partial charge in [0.2, 0.25) is 5.88 Å². The maximum Gasteiger partial charge on any atom is 0.227 e. The third-order valence-electron chi connectivity index (χ3n) is 4.97. The molecular formula is C28H23NO4. The van der Waals surface area contributed by atoms with Gasteiger partial charge < -0.3 is 14.2 Å². The van der Waals surface area contributed by atoms with Crippen molar-refractivity contribution in [2.75, 3.05) is 14.2 Å². The summed E-state index contributed by atoms with van der Waals surface area (Å²) in [6.45, 7) is 0. The van der Waals surface area contributed by atoms with Gasteiger partial charge in [0.1, 0.15) is 17.2 Å². The van der Waals surface area contributed by atoms with Crippen LogP contribution in [0.2, 0.25) is 0 Å². The molecule has 0 aliphatic heterocycles. The molecule has 0 spiro atoms. The number of carbonyl (C=O) groups is 1. The van der Waals surface area contributed by atoms with Gasteiger partial charge in [0, 0.05) is 22.6 Å². The molecule has 0 fully saturated rings. The molecule has 0 amide bonds. The number of nitrogens with zero attached hydrogens (tertiary/aromatic N) is 1. The van der Waals surface area contributed by atoms with Crippen LogP contribution in [-0.4, -0.2) is 25.0 Å². The first-order chi connectivity index (χ1) is 16.2. The highest BCUT2D eigenvalue weighted by atomic mass is 16.5. The van der Waals surface area contributed by atoms with E-state index in [9.17, 15) is 4.79 Å². The van der Waals surface area contributed by atoms with E-state index in [-0.39, 0.29) is 5.78 Å². The highest BCUT2D eigenvalue weighted by molar-refractivity contribution is 6.05. The lowest BCUT2D eigenvalue weighted by atomic mass is 10.1. The predicted molar refractivity (Wildman–Crippen MR) is 131 cm³/mol. The van der Waals surface area contributed by atoms with Crippen molar-refractivity contribution in [1.29, 1.82) is 0 Å². The number of hydrogen-bond donors (Lipinski definition) is 0. The summed E-state index contributed by atoms with van der Waals surface area (Å²) in [5, 5.41) is 0.962. The molecule has 0 radical (unpaired) electrons. The van der Waals surface area contributed by atoms with Crippen molar-refractivity contribution in [3.8, 4) is 23.1 Å². The van der Waals surface area contributed by atoms with E-state index in [4.69, 9.17) is 14.2 Å². The summed E-state index contributed by atoms with van der Waals surface area (Å²) in [5.41, 5.74) is 2.31. The number of hydrogen-bond acceptors (Lipinski definition) is 5. The number of allylic oxidation sites excluding steroid dienone is 2. The maximum atomic E-state index is 12.5. The average Bonchev–Trinajstić information content (AvgIpc) is 2.86.